The molecule has 2 heterocycles. The van der Waals surface area contributed by atoms with Crippen LogP contribution in [0.1, 0.15) is 57.9 Å². The topological polar surface area (TPSA) is 65.7 Å². The highest BCUT2D eigenvalue weighted by Crippen LogP contribution is 2.14. The summed E-state index contributed by atoms with van der Waals surface area (Å²) in [6.45, 7) is 12.9. The number of aromatic nitrogens is 1. The maximum Gasteiger partial charge on any atom is 0.191 e. The number of nitrogens with zero attached hydrogens (tertiary/aromatic N) is 3. The zero-order valence-corrected chi connectivity index (χ0v) is 15.8. The summed E-state index contributed by atoms with van der Waals surface area (Å²) in [4.78, 5) is 6.88. The quantitative estimate of drug-likeness (QED) is 0.618. The minimum absolute atomic E-state index is 0.385. The highest BCUT2D eigenvalue weighted by atomic mass is 16.5. The second-order valence-electron chi connectivity index (χ2n) is 7.41. The van der Waals surface area contributed by atoms with Gasteiger partial charge in [0.05, 0.1) is 12.2 Å². The fourth-order valence-electron chi connectivity index (χ4n) is 3.02. The van der Waals surface area contributed by atoms with Crippen LogP contribution in [0.3, 0.4) is 0 Å². The molecule has 0 aromatic carbocycles. The molecule has 0 unspecified atom stereocenters. The van der Waals surface area contributed by atoms with Gasteiger partial charge in [0.1, 0.15) is 0 Å². The minimum Gasteiger partial charge on any atom is -0.359 e. The molecule has 0 radical (unpaired) electrons. The van der Waals surface area contributed by atoms with Crippen molar-refractivity contribution < 1.29 is 4.52 Å². The average molecular weight is 335 g/mol. The Bertz CT molecular complexity index is 515. The van der Waals surface area contributed by atoms with Crippen molar-refractivity contribution in [3.8, 4) is 0 Å². The zero-order valence-electron chi connectivity index (χ0n) is 15.8. The van der Waals surface area contributed by atoms with Crippen LogP contribution in [-0.4, -0.2) is 48.7 Å². The van der Waals surface area contributed by atoms with E-state index in [1.54, 1.807) is 0 Å². The second kappa shape index (κ2) is 9.06. The van der Waals surface area contributed by atoms with Gasteiger partial charge in [0, 0.05) is 38.8 Å². The van der Waals surface area contributed by atoms with Crippen LogP contribution in [0, 0.1) is 5.92 Å². The summed E-state index contributed by atoms with van der Waals surface area (Å²) in [6.07, 6.45) is 2.32. The van der Waals surface area contributed by atoms with Gasteiger partial charge in [-0.15, -0.1) is 0 Å². The van der Waals surface area contributed by atoms with Gasteiger partial charge in [0.25, 0.3) is 0 Å². The fourth-order valence-corrected chi connectivity index (χ4v) is 3.02. The van der Waals surface area contributed by atoms with Crippen LogP contribution in [0.2, 0.25) is 0 Å². The zero-order chi connectivity index (χ0) is 17.5. The monoisotopic (exact) mass is 335 g/mol. The van der Waals surface area contributed by atoms with Crippen LogP contribution in [0.15, 0.2) is 15.6 Å². The van der Waals surface area contributed by atoms with Crippen LogP contribution >= 0.6 is 0 Å². The molecule has 1 aliphatic heterocycles. The second-order valence-corrected chi connectivity index (χ2v) is 7.41. The smallest absolute Gasteiger partial charge is 0.191 e. The van der Waals surface area contributed by atoms with Gasteiger partial charge >= 0.3 is 0 Å². The molecule has 1 aliphatic rings. The summed E-state index contributed by atoms with van der Waals surface area (Å²) in [5, 5.41) is 10.9. The van der Waals surface area contributed by atoms with Gasteiger partial charge in [-0.25, -0.2) is 0 Å². The standard InChI is InChI=1S/C18H33N5O/c1-13(2)12-23-8-6-15(7-9-23)21-18(19-5)20-11-16-10-17(14(3)4)22-24-16/h10,13-15H,6-9,11-12H2,1-5H3,(H2,19,20,21). The number of hydrogen-bond acceptors (Lipinski definition) is 4. The van der Waals surface area contributed by atoms with Gasteiger partial charge in [-0.05, 0) is 24.7 Å². The van der Waals surface area contributed by atoms with Crippen molar-refractivity contribution in [3.05, 3.63) is 17.5 Å². The Balaban J connectivity index is 1.74. The van der Waals surface area contributed by atoms with Gasteiger partial charge in [0.15, 0.2) is 11.7 Å². The molecule has 24 heavy (non-hydrogen) atoms. The van der Waals surface area contributed by atoms with Gasteiger partial charge in [-0.2, -0.15) is 0 Å². The van der Waals surface area contributed by atoms with Crippen molar-refractivity contribution in [2.45, 2.75) is 59.0 Å². The molecule has 2 N–H and O–H groups in total. The molecular formula is C18H33N5O. The first-order valence-corrected chi connectivity index (χ1v) is 9.13. The molecule has 2 rings (SSSR count). The van der Waals surface area contributed by atoms with Gasteiger partial charge < -0.3 is 20.1 Å². The van der Waals surface area contributed by atoms with Crippen molar-refractivity contribution in [1.29, 1.82) is 0 Å². The third-order valence-corrected chi connectivity index (χ3v) is 4.37. The molecule has 136 valence electrons. The highest BCUT2D eigenvalue weighted by molar-refractivity contribution is 5.79. The van der Waals surface area contributed by atoms with Crippen molar-refractivity contribution in [2.75, 3.05) is 26.7 Å². The summed E-state index contributed by atoms with van der Waals surface area (Å²) in [6, 6.07) is 2.50. The van der Waals surface area contributed by atoms with Crippen LogP contribution in [0.25, 0.3) is 0 Å². The van der Waals surface area contributed by atoms with Gasteiger partial charge in [0.2, 0.25) is 0 Å². The fraction of sp³-hybridized carbons (Fsp3) is 0.778. The van der Waals surface area contributed by atoms with Crippen molar-refractivity contribution in [1.82, 2.24) is 20.7 Å². The Morgan fingerprint density at radius 2 is 2.04 bits per heavy atom. The Labute approximate surface area is 146 Å². The molecule has 6 nitrogen and oxygen atoms in total. The van der Waals surface area contributed by atoms with E-state index in [4.69, 9.17) is 4.52 Å². The Morgan fingerprint density at radius 3 is 2.58 bits per heavy atom. The number of nitrogens with one attached hydrogen (secondary N) is 2. The number of rotatable bonds is 6. The number of likely N-dealkylation sites (tertiary alicyclic amines) is 1. The van der Waals surface area contributed by atoms with E-state index >= 15 is 0 Å². The van der Waals surface area contributed by atoms with Crippen LogP contribution in [0.5, 0.6) is 0 Å². The number of piperidine rings is 1. The Kier molecular flexibility index (Phi) is 7.09. The van der Waals surface area contributed by atoms with E-state index in [1.165, 1.54) is 6.54 Å². The highest BCUT2D eigenvalue weighted by Gasteiger charge is 2.20. The molecule has 1 aromatic heterocycles. The Morgan fingerprint density at radius 1 is 1.33 bits per heavy atom. The first-order valence-electron chi connectivity index (χ1n) is 9.13. The largest absolute Gasteiger partial charge is 0.359 e. The molecule has 0 bridgehead atoms. The van der Waals surface area contributed by atoms with E-state index in [0.717, 1.165) is 49.3 Å². The lowest BCUT2D eigenvalue weighted by atomic mass is 10.0. The van der Waals surface area contributed by atoms with Crippen LogP contribution < -0.4 is 10.6 Å². The van der Waals surface area contributed by atoms with Crippen LogP contribution in [0.4, 0.5) is 0 Å². The predicted molar refractivity (Wildman–Crippen MR) is 98.2 cm³/mol. The summed E-state index contributed by atoms with van der Waals surface area (Å²) >= 11 is 0. The molecule has 0 atom stereocenters. The first kappa shape index (κ1) is 18.8. The normalized spacial score (nSPS) is 17.7. The van der Waals surface area contributed by atoms with Crippen molar-refractivity contribution >= 4 is 5.96 Å². The molecule has 0 saturated carbocycles. The molecular weight excluding hydrogens is 302 g/mol. The van der Waals surface area contributed by atoms with Crippen LogP contribution in [-0.2, 0) is 6.54 Å². The van der Waals surface area contributed by atoms with E-state index < -0.39 is 0 Å². The number of hydrogen-bond donors (Lipinski definition) is 2. The van der Waals surface area contributed by atoms with Gasteiger partial charge in [-0.1, -0.05) is 32.9 Å². The number of guanidine groups is 1. The lowest BCUT2D eigenvalue weighted by molar-refractivity contribution is 0.187. The molecule has 0 amide bonds. The van der Waals surface area contributed by atoms with E-state index in [0.29, 0.717) is 18.5 Å². The predicted octanol–water partition coefficient (Wildman–Crippen LogP) is 2.58. The van der Waals surface area contributed by atoms with Crippen molar-refractivity contribution in [2.24, 2.45) is 10.9 Å². The van der Waals surface area contributed by atoms with Crippen molar-refractivity contribution in [3.63, 3.8) is 0 Å². The molecule has 0 spiro atoms. The molecule has 1 aromatic rings. The SMILES string of the molecule is CN=C(NCc1cc(C(C)C)no1)NC1CCN(CC(C)C)CC1. The first-order chi connectivity index (χ1) is 11.5. The minimum atomic E-state index is 0.385. The molecule has 0 aliphatic carbocycles. The number of aliphatic imine (C=N–C) groups is 1. The van der Waals surface area contributed by atoms with E-state index in [1.807, 2.05) is 13.1 Å². The Hall–Kier alpha value is -1.56. The van der Waals surface area contributed by atoms with E-state index in [9.17, 15) is 0 Å². The summed E-state index contributed by atoms with van der Waals surface area (Å²) in [7, 11) is 1.81. The summed E-state index contributed by atoms with van der Waals surface area (Å²) in [5.74, 6) is 2.80. The van der Waals surface area contributed by atoms with Gasteiger partial charge in [-0.3, -0.25) is 4.99 Å². The lowest BCUT2D eigenvalue weighted by Crippen LogP contribution is -2.48. The maximum absolute atomic E-state index is 5.36. The lowest BCUT2D eigenvalue weighted by Gasteiger charge is -2.33. The maximum atomic E-state index is 5.36. The summed E-state index contributed by atoms with van der Waals surface area (Å²) < 4.78 is 5.36. The third kappa shape index (κ3) is 5.82. The summed E-state index contributed by atoms with van der Waals surface area (Å²) in [5.41, 5.74) is 0.993. The molecule has 1 fully saturated rings. The van der Waals surface area contributed by atoms with E-state index in [2.05, 4.69) is 53.4 Å². The third-order valence-electron chi connectivity index (χ3n) is 4.37. The molecule has 6 heteroatoms. The molecule has 1 saturated heterocycles. The average Bonchev–Trinajstić information content (AvgIpc) is 3.02. The van der Waals surface area contributed by atoms with E-state index in [-0.39, 0.29) is 0 Å².